The third-order valence-electron chi connectivity index (χ3n) is 16.2. The molecule has 0 rings (SSSR count). The SMILES string of the molecule is CCCCCCCC/C=C/CCCCCCCCN(CCCCN(CCCCCCCC/C=C/CCCCCCCC)CCCNC(=O)C(CCCNCCCN)NCCCN)CCCNC(=O)C(CCCNCCCC)NCCCN. The first-order valence-electron chi connectivity index (χ1n) is 35.8. The van der Waals surface area contributed by atoms with Gasteiger partial charge in [0.05, 0.1) is 12.1 Å². The third-order valence-corrected chi connectivity index (χ3v) is 16.2. The Labute approximate surface area is 509 Å². The van der Waals surface area contributed by atoms with Gasteiger partial charge in [-0.3, -0.25) is 9.59 Å². The zero-order chi connectivity index (χ0) is 59.5. The molecule has 486 valence electrons. The van der Waals surface area contributed by atoms with Crippen molar-refractivity contribution < 1.29 is 9.59 Å². The van der Waals surface area contributed by atoms with Crippen LogP contribution in [0, 0.1) is 0 Å². The summed E-state index contributed by atoms with van der Waals surface area (Å²) in [5, 5.41) is 20.6. The highest BCUT2D eigenvalue weighted by Gasteiger charge is 2.19. The van der Waals surface area contributed by atoms with Crippen LogP contribution in [0.3, 0.4) is 0 Å². The zero-order valence-corrected chi connectivity index (χ0v) is 54.9. The first-order chi connectivity index (χ1) is 40.5. The van der Waals surface area contributed by atoms with E-state index in [0.29, 0.717) is 32.7 Å². The van der Waals surface area contributed by atoms with E-state index in [-0.39, 0.29) is 23.9 Å². The Bertz CT molecular complexity index is 1240. The molecular weight excluding hydrogens is 1010 g/mol. The summed E-state index contributed by atoms with van der Waals surface area (Å²) in [7, 11) is 0. The van der Waals surface area contributed by atoms with Crippen molar-refractivity contribution in [3.05, 3.63) is 24.3 Å². The van der Waals surface area contributed by atoms with Crippen LogP contribution >= 0.6 is 0 Å². The Hall–Kier alpha value is -1.94. The predicted molar refractivity (Wildman–Crippen MR) is 360 cm³/mol. The van der Waals surface area contributed by atoms with E-state index in [4.69, 9.17) is 17.2 Å². The van der Waals surface area contributed by atoms with Crippen LogP contribution in [0.4, 0.5) is 0 Å². The summed E-state index contributed by atoms with van der Waals surface area (Å²) in [6.45, 7) is 22.0. The first kappa shape index (κ1) is 80.1. The predicted octanol–water partition coefficient (Wildman–Crippen LogP) is 13.0. The number of hydrogen-bond acceptors (Lipinski definition) is 11. The van der Waals surface area contributed by atoms with Gasteiger partial charge in [0.2, 0.25) is 11.8 Å². The van der Waals surface area contributed by atoms with Crippen LogP contribution in [0.5, 0.6) is 0 Å². The Kier molecular flexibility index (Phi) is 66.6. The molecule has 13 heteroatoms. The van der Waals surface area contributed by atoms with E-state index in [1.165, 1.54) is 205 Å². The van der Waals surface area contributed by atoms with Gasteiger partial charge in [-0.25, -0.2) is 0 Å². The maximum atomic E-state index is 13.5. The van der Waals surface area contributed by atoms with Crippen molar-refractivity contribution in [1.29, 1.82) is 0 Å². The number of carbonyl (C=O) groups is 2. The van der Waals surface area contributed by atoms with Crippen molar-refractivity contribution >= 4 is 11.8 Å². The van der Waals surface area contributed by atoms with E-state index < -0.39 is 0 Å². The minimum atomic E-state index is -0.191. The molecule has 82 heavy (non-hydrogen) atoms. The quantitative estimate of drug-likeness (QED) is 0.0208. The van der Waals surface area contributed by atoms with Crippen LogP contribution < -0.4 is 49.1 Å². The molecule has 12 N–H and O–H groups in total. The highest BCUT2D eigenvalue weighted by atomic mass is 16.2. The molecule has 2 atom stereocenters. The van der Waals surface area contributed by atoms with Crippen molar-refractivity contribution in [2.45, 2.75) is 296 Å². The summed E-state index contributed by atoms with van der Waals surface area (Å²) in [5.74, 6) is 0.248. The summed E-state index contributed by atoms with van der Waals surface area (Å²) in [4.78, 5) is 32.3. The molecule has 0 radical (unpaired) electrons. The minimum absolute atomic E-state index is 0.116. The number of amides is 2. The molecule has 0 heterocycles. The summed E-state index contributed by atoms with van der Waals surface area (Å²) in [6.07, 6.45) is 59.8. The molecule has 0 saturated carbocycles. The molecule has 0 saturated heterocycles. The van der Waals surface area contributed by atoms with Gasteiger partial charge < -0.3 is 58.9 Å². The second-order valence-corrected chi connectivity index (χ2v) is 24.1. The summed E-state index contributed by atoms with van der Waals surface area (Å²) >= 11 is 0. The second-order valence-electron chi connectivity index (χ2n) is 24.1. The smallest absolute Gasteiger partial charge is 0.237 e. The van der Waals surface area contributed by atoms with Gasteiger partial charge in [-0.05, 0) is 239 Å². The van der Waals surface area contributed by atoms with Gasteiger partial charge in [0, 0.05) is 13.1 Å². The standard InChI is InChI=1S/C69H143N11O2/c1-4-7-10-12-14-16-18-20-22-24-26-28-30-32-34-36-60-79(64-45-58-77-68(81)66(75-56-43-50-71)47-40-53-73-52-9-6-3)62-38-39-63-80(61-37-35-33-31-29-27-25-23-21-19-17-15-13-11-8-5-2)65-46-59-78-69(82)67(76-57-44-51-72)48-41-54-74-55-42-49-70/h20-23,66-67,73-76H,4-19,24-65,70-72H2,1-3H3,(H,77,81)(H,78,82)/b22-20+,23-21+. The van der Waals surface area contributed by atoms with Crippen LogP contribution in [-0.2, 0) is 9.59 Å². The third kappa shape index (κ3) is 58.4. The Morgan fingerprint density at radius 3 is 0.951 bits per heavy atom. The van der Waals surface area contributed by atoms with Gasteiger partial charge in [-0.2, -0.15) is 0 Å². The lowest BCUT2D eigenvalue weighted by Gasteiger charge is -2.25. The molecule has 2 unspecified atom stereocenters. The first-order valence-corrected chi connectivity index (χ1v) is 35.8. The lowest BCUT2D eigenvalue weighted by Crippen LogP contribution is -2.45. The number of allylic oxidation sites excluding steroid dienone is 4. The molecule has 0 aromatic carbocycles. The van der Waals surface area contributed by atoms with Gasteiger partial charge in [0.15, 0.2) is 0 Å². The lowest BCUT2D eigenvalue weighted by molar-refractivity contribution is -0.124. The number of rotatable bonds is 69. The molecule has 13 nitrogen and oxygen atoms in total. The fourth-order valence-electron chi connectivity index (χ4n) is 10.8. The van der Waals surface area contributed by atoms with Gasteiger partial charge in [0.1, 0.15) is 0 Å². The molecular formula is C69H143N11O2. The number of nitrogens with zero attached hydrogens (tertiary/aromatic N) is 2. The molecule has 0 spiro atoms. The average molecular weight is 1160 g/mol. The number of hydrogen-bond donors (Lipinski definition) is 9. The fourth-order valence-corrected chi connectivity index (χ4v) is 10.8. The topological polar surface area (TPSA) is 191 Å². The molecule has 0 aliphatic rings. The van der Waals surface area contributed by atoms with Crippen molar-refractivity contribution in [2.24, 2.45) is 17.2 Å². The van der Waals surface area contributed by atoms with Crippen molar-refractivity contribution in [3.8, 4) is 0 Å². The highest BCUT2D eigenvalue weighted by molar-refractivity contribution is 5.82. The molecule has 0 bridgehead atoms. The van der Waals surface area contributed by atoms with E-state index in [2.05, 4.69) is 86.8 Å². The Morgan fingerprint density at radius 1 is 0.317 bits per heavy atom. The van der Waals surface area contributed by atoms with Gasteiger partial charge in [0.25, 0.3) is 0 Å². The minimum Gasteiger partial charge on any atom is -0.355 e. The van der Waals surface area contributed by atoms with Crippen molar-refractivity contribution in [1.82, 2.24) is 41.7 Å². The monoisotopic (exact) mass is 1160 g/mol. The van der Waals surface area contributed by atoms with Gasteiger partial charge in [-0.1, -0.05) is 167 Å². The van der Waals surface area contributed by atoms with Crippen LogP contribution in [0.1, 0.15) is 284 Å². The lowest BCUT2D eigenvalue weighted by atomic mass is 10.1. The molecule has 0 aliphatic heterocycles. The molecule has 0 aromatic heterocycles. The van der Waals surface area contributed by atoms with Gasteiger partial charge >= 0.3 is 0 Å². The molecule has 0 aliphatic carbocycles. The van der Waals surface area contributed by atoms with E-state index in [0.717, 1.165) is 136 Å². The molecule has 0 fully saturated rings. The van der Waals surface area contributed by atoms with E-state index in [1.807, 2.05) is 0 Å². The van der Waals surface area contributed by atoms with Crippen LogP contribution in [0.2, 0.25) is 0 Å². The van der Waals surface area contributed by atoms with Crippen LogP contribution in [0.15, 0.2) is 24.3 Å². The summed E-state index contributed by atoms with van der Waals surface area (Å²) < 4.78 is 0. The van der Waals surface area contributed by atoms with E-state index in [1.54, 1.807) is 0 Å². The van der Waals surface area contributed by atoms with Gasteiger partial charge in [-0.15, -0.1) is 0 Å². The number of nitrogens with two attached hydrogens (primary N) is 3. The highest BCUT2D eigenvalue weighted by Crippen LogP contribution is 2.14. The largest absolute Gasteiger partial charge is 0.355 e. The summed E-state index contributed by atoms with van der Waals surface area (Å²) in [5.41, 5.74) is 17.3. The number of nitrogens with one attached hydrogen (secondary N) is 6. The van der Waals surface area contributed by atoms with Crippen molar-refractivity contribution in [2.75, 3.05) is 111 Å². The Morgan fingerprint density at radius 2 is 0.598 bits per heavy atom. The zero-order valence-electron chi connectivity index (χ0n) is 54.9. The maximum absolute atomic E-state index is 13.5. The fraction of sp³-hybridized carbons (Fsp3) is 0.913. The second kappa shape index (κ2) is 68.2. The normalized spacial score (nSPS) is 12.7. The number of unbranched alkanes of at least 4 members (excludes halogenated alkanes) is 26. The average Bonchev–Trinajstić information content (AvgIpc) is 3.48. The Balaban J connectivity index is 5.46. The molecule has 2 amide bonds. The van der Waals surface area contributed by atoms with Crippen LogP contribution in [0.25, 0.3) is 0 Å². The van der Waals surface area contributed by atoms with Crippen molar-refractivity contribution in [3.63, 3.8) is 0 Å². The maximum Gasteiger partial charge on any atom is 0.237 e. The van der Waals surface area contributed by atoms with E-state index >= 15 is 0 Å². The molecule has 0 aromatic rings. The van der Waals surface area contributed by atoms with Crippen LogP contribution in [-0.4, -0.2) is 145 Å². The van der Waals surface area contributed by atoms with E-state index in [9.17, 15) is 9.59 Å². The summed E-state index contributed by atoms with van der Waals surface area (Å²) in [6, 6.07) is -0.359. The number of carbonyl (C=O) groups excluding carboxylic acids is 2.